The molecule has 5 nitrogen and oxygen atoms in total. The maximum atomic E-state index is 6.07. The summed E-state index contributed by atoms with van der Waals surface area (Å²) in [5.74, 6) is 1.56. The van der Waals surface area contributed by atoms with Crippen molar-refractivity contribution in [2.45, 2.75) is 44.4 Å². The van der Waals surface area contributed by atoms with E-state index in [1.54, 1.807) is 0 Å². The fourth-order valence-electron chi connectivity index (χ4n) is 4.35. The fraction of sp³-hybridized carbons (Fsp3) is 0.480. The highest BCUT2D eigenvalue weighted by molar-refractivity contribution is 5.80. The molecule has 2 aliphatic heterocycles. The minimum Gasteiger partial charge on any atom is -0.381 e. The highest BCUT2D eigenvalue weighted by atomic mass is 16.5. The van der Waals surface area contributed by atoms with E-state index in [0.29, 0.717) is 18.6 Å². The summed E-state index contributed by atoms with van der Waals surface area (Å²) in [6, 6.07) is 19.5. The Balaban J connectivity index is 1.28. The molecule has 0 bridgehead atoms. The minimum absolute atomic E-state index is 0.326. The van der Waals surface area contributed by atoms with Crippen LogP contribution in [0.25, 0.3) is 0 Å². The van der Waals surface area contributed by atoms with Gasteiger partial charge in [0.2, 0.25) is 0 Å². The van der Waals surface area contributed by atoms with Crippen molar-refractivity contribution in [1.82, 2.24) is 10.2 Å². The molecule has 2 aromatic carbocycles. The number of hydrogen-bond acceptors (Lipinski definition) is 3. The van der Waals surface area contributed by atoms with Crippen LogP contribution in [0.15, 0.2) is 59.6 Å². The lowest BCUT2D eigenvalue weighted by Crippen LogP contribution is -2.39. The zero-order valence-electron chi connectivity index (χ0n) is 17.9. The third-order valence-electron chi connectivity index (χ3n) is 6.07. The molecule has 1 unspecified atom stereocenters. The summed E-state index contributed by atoms with van der Waals surface area (Å²) < 4.78 is 11.5. The predicted octanol–water partition coefficient (Wildman–Crippen LogP) is 3.95. The van der Waals surface area contributed by atoms with E-state index in [2.05, 4.69) is 69.8 Å². The van der Waals surface area contributed by atoms with Crippen LogP contribution in [0.3, 0.4) is 0 Å². The fourth-order valence-corrected chi connectivity index (χ4v) is 4.35. The third kappa shape index (κ3) is 5.61. The number of nitrogens with zero attached hydrogens (tertiary/aromatic N) is 2. The smallest absolute Gasteiger partial charge is 0.193 e. The molecule has 2 aliphatic rings. The first-order valence-corrected chi connectivity index (χ1v) is 11.1. The Labute approximate surface area is 180 Å². The van der Waals surface area contributed by atoms with E-state index in [4.69, 9.17) is 9.47 Å². The summed E-state index contributed by atoms with van der Waals surface area (Å²) >= 11 is 0. The standard InChI is InChI=1S/C25H33N3O2/c1-26-25(28-13-10-23(18-28)22-8-3-2-4-9-22)27-17-20-6-5-7-21(16-20)19-30-24-11-14-29-15-12-24/h2-9,16,23-24H,10-15,17-19H2,1H3,(H,26,27). The van der Waals surface area contributed by atoms with Gasteiger partial charge >= 0.3 is 0 Å². The van der Waals surface area contributed by atoms with Gasteiger partial charge in [-0.1, -0.05) is 54.6 Å². The van der Waals surface area contributed by atoms with Gasteiger partial charge in [0.15, 0.2) is 5.96 Å². The van der Waals surface area contributed by atoms with E-state index in [9.17, 15) is 0 Å². The Kier molecular flexibility index (Phi) is 7.38. The van der Waals surface area contributed by atoms with Crippen molar-refractivity contribution >= 4 is 5.96 Å². The number of hydrogen-bond donors (Lipinski definition) is 1. The largest absolute Gasteiger partial charge is 0.381 e. The Morgan fingerprint density at radius 2 is 1.87 bits per heavy atom. The van der Waals surface area contributed by atoms with Gasteiger partial charge in [0.25, 0.3) is 0 Å². The van der Waals surface area contributed by atoms with Gasteiger partial charge in [-0.05, 0) is 36.0 Å². The number of likely N-dealkylation sites (tertiary alicyclic amines) is 1. The van der Waals surface area contributed by atoms with Crippen LogP contribution in [-0.4, -0.2) is 50.3 Å². The average Bonchev–Trinajstić information content (AvgIpc) is 3.30. The van der Waals surface area contributed by atoms with E-state index in [0.717, 1.165) is 51.6 Å². The first-order chi connectivity index (χ1) is 14.8. The van der Waals surface area contributed by atoms with Crippen LogP contribution in [0.5, 0.6) is 0 Å². The minimum atomic E-state index is 0.326. The summed E-state index contributed by atoms with van der Waals surface area (Å²) in [5, 5.41) is 3.55. The topological polar surface area (TPSA) is 46.1 Å². The molecule has 2 aromatic rings. The molecular weight excluding hydrogens is 374 g/mol. The summed E-state index contributed by atoms with van der Waals surface area (Å²) in [4.78, 5) is 6.90. The Hall–Kier alpha value is -2.37. The van der Waals surface area contributed by atoms with Crippen LogP contribution < -0.4 is 5.32 Å². The van der Waals surface area contributed by atoms with Gasteiger partial charge in [-0.25, -0.2) is 0 Å². The molecule has 0 spiro atoms. The molecule has 2 heterocycles. The van der Waals surface area contributed by atoms with Crippen LogP contribution >= 0.6 is 0 Å². The van der Waals surface area contributed by atoms with Gasteiger partial charge in [0.1, 0.15) is 0 Å². The van der Waals surface area contributed by atoms with Crippen molar-refractivity contribution < 1.29 is 9.47 Å². The molecule has 160 valence electrons. The monoisotopic (exact) mass is 407 g/mol. The Bertz CT molecular complexity index is 818. The van der Waals surface area contributed by atoms with E-state index in [1.165, 1.54) is 23.1 Å². The van der Waals surface area contributed by atoms with Gasteiger partial charge in [-0.2, -0.15) is 0 Å². The Morgan fingerprint density at radius 3 is 2.67 bits per heavy atom. The van der Waals surface area contributed by atoms with Crippen molar-refractivity contribution in [3.63, 3.8) is 0 Å². The lowest BCUT2D eigenvalue weighted by Gasteiger charge is -2.23. The molecule has 0 radical (unpaired) electrons. The van der Waals surface area contributed by atoms with Crippen LogP contribution in [-0.2, 0) is 22.6 Å². The first-order valence-electron chi connectivity index (χ1n) is 11.1. The SMILES string of the molecule is CN=C(NCc1cccc(COC2CCOCC2)c1)N1CCC(c2ccccc2)C1. The van der Waals surface area contributed by atoms with Crippen molar-refractivity contribution in [2.75, 3.05) is 33.4 Å². The van der Waals surface area contributed by atoms with Gasteiger partial charge in [0.05, 0.1) is 12.7 Å². The van der Waals surface area contributed by atoms with E-state index < -0.39 is 0 Å². The molecule has 0 saturated carbocycles. The number of benzene rings is 2. The van der Waals surface area contributed by atoms with Gasteiger partial charge < -0.3 is 19.7 Å². The number of rotatable bonds is 6. The molecule has 30 heavy (non-hydrogen) atoms. The average molecular weight is 408 g/mol. The van der Waals surface area contributed by atoms with Crippen LogP contribution in [0.2, 0.25) is 0 Å². The number of aliphatic imine (C=N–C) groups is 1. The normalized spacial score (nSPS) is 20.5. The lowest BCUT2D eigenvalue weighted by molar-refractivity contribution is -0.0390. The summed E-state index contributed by atoms with van der Waals surface area (Å²) in [6.07, 6.45) is 3.49. The zero-order chi connectivity index (χ0) is 20.6. The predicted molar refractivity (Wildman–Crippen MR) is 121 cm³/mol. The molecular formula is C25H33N3O2. The Morgan fingerprint density at radius 1 is 1.07 bits per heavy atom. The lowest BCUT2D eigenvalue weighted by atomic mass is 9.99. The summed E-state index contributed by atoms with van der Waals surface area (Å²) in [7, 11) is 1.87. The molecule has 0 aliphatic carbocycles. The molecule has 0 amide bonds. The van der Waals surface area contributed by atoms with Crippen molar-refractivity contribution in [2.24, 2.45) is 4.99 Å². The second-order valence-corrected chi connectivity index (χ2v) is 8.19. The maximum absolute atomic E-state index is 6.07. The molecule has 0 aromatic heterocycles. The van der Waals surface area contributed by atoms with Crippen LogP contribution in [0.1, 0.15) is 41.9 Å². The molecule has 5 heteroatoms. The highest BCUT2D eigenvalue weighted by Crippen LogP contribution is 2.26. The quantitative estimate of drug-likeness (QED) is 0.582. The van der Waals surface area contributed by atoms with Crippen LogP contribution in [0.4, 0.5) is 0 Å². The van der Waals surface area contributed by atoms with Crippen molar-refractivity contribution in [3.05, 3.63) is 71.3 Å². The molecule has 1 N–H and O–H groups in total. The molecule has 2 fully saturated rings. The molecule has 4 rings (SSSR count). The third-order valence-corrected chi connectivity index (χ3v) is 6.07. The van der Waals surface area contributed by atoms with Crippen LogP contribution in [0, 0.1) is 0 Å². The van der Waals surface area contributed by atoms with Gasteiger partial charge in [-0.15, -0.1) is 0 Å². The second-order valence-electron chi connectivity index (χ2n) is 8.19. The first kappa shape index (κ1) is 20.9. The van der Waals surface area contributed by atoms with Crippen molar-refractivity contribution in [3.8, 4) is 0 Å². The number of guanidine groups is 1. The molecule has 2 saturated heterocycles. The van der Waals surface area contributed by atoms with E-state index in [-0.39, 0.29) is 0 Å². The van der Waals surface area contributed by atoms with E-state index >= 15 is 0 Å². The second kappa shape index (κ2) is 10.6. The van der Waals surface area contributed by atoms with Gasteiger partial charge in [0, 0.05) is 45.8 Å². The van der Waals surface area contributed by atoms with E-state index in [1.807, 2.05) is 7.05 Å². The number of ether oxygens (including phenoxy) is 2. The summed E-state index contributed by atoms with van der Waals surface area (Å²) in [6.45, 7) is 5.12. The maximum Gasteiger partial charge on any atom is 0.193 e. The van der Waals surface area contributed by atoms with Crippen molar-refractivity contribution in [1.29, 1.82) is 0 Å². The summed E-state index contributed by atoms with van der Waals surface area (Å²) in [5.41, 5.74) is 3.90. The zero-order valence-corrected chi connectivity index (χ0v) is 17.9. The highest BCUT2D eigenvalue weighted by Gasteiger charge is 2.25. The van der Waals surface area contributed by atoms with Gasteiger partial charge in [-0.3, -0.25) is 4.99 Å². The number of nitrogens with one attached hydrogen (secondary N) is 1. The molecule has 1 atom stereocenters.